The summed E-state index contributed by atoms with van der Waals surface area (Å²) in [5.74, 6) is -0.351. The summed E-state index contributed by atoms with van der Waals surface area (Å²) in [5.41, 5.74) is 0.750. The van der Waals surface area contributed by atoms with E-state index in [4.69, 9.17) is 4.74 Å². The lowest BCUT2D eigenvalue weighted by Gasteiger charge is -2.27. The highest BCUT2D eigenvalue weighted by Gasteiger charge is 2.56. The molecule has 104 valence electrons. The van der Waals surface area contributed by atoms with Crippen LogP contribution in [-0.4, -0.2) is 29.1 Å². The van der Waals surface area contributed by atoms with Gasteiger partial charge in [0.2, 0.25) is 0 Å². The molecule has 19 heavy (non-hydrogen) atoms. The van der Waals surface area contributed by atoms with Crippen molar-refractivity contribution in [2.45, 2.75) is 38.9 Å². The van der Waals surface area contributed by atoms with E-state index >= 15 is 0 Å². The van der Waals surface area contributed by atoms with E-state index in [1.54, 1.807) is 0 Å². The number of hydrogen-bond acceptors (Lipinski definition) is 4. The maximum absolute atomic E-state index is 12.0. The Kier molecular flexibility index (Phi) is 2.82. The van der Waals surface area contributed by atoms with Crippen molar-refractivity contribution in [2.24, 2.45) is 29.6 Å². The molecule has 4 nitrogen and oxygen atoms in total. The molecule has 1 N–H and O–H groups in total. The molecule has 0 bridgehead atoms. The Morgan fingerprint density at radius 3 is 2.63 bits per heavy atom. The monoisotopic (exact) mass is 264 g/mol. The van der Waals surface area contributed by atoms with E-state index in [2.05, 4.69) is 6.58 Å². The first-order chi connectivity index (χ1) is 8.91. The Balaban J connectivity index is 2.02. The van der Waals surface area contributed by atoms with Gasteiger partial charge in [0.15, 0.2) is 0 Å². The zero-order valence-corrected chi connectivity index (χ0v) is 11.3. The second kappa shape index (κ2) is 4.17. The number of Topliss-reactive ketones (excluding diaryl/α,β-unsaturated/α-hetero) is 1. The zero-order valence-electron chi connectivity index (χ0n) is 11.3. The quantitative estimate of drug-likeness (QED) is 0.529. The molecule has 4 heteroatoms. The van der Waals surface area contributed by atoms with Crippen molar-refractivity contribution in [1.82, 2.24) is 0 Å². The molecule has 1 heterocycles. The van der Waals surface area contributed by atoms with Gasteiger partial charge in [0.05, 0.1) is 12.0 Å². The third kappa shape index (κ3) is 1.69. The smallest absolute Gasteiger partial charge is 0.309 e. The molecule has 2 aliphatic carbocycles. The molecule has 1 saturated heterocycles. The maximum atomic E-state index is 12.0. The van der Waals surface area contributed by atoms with E-state index in [1.807, 2.05) is 13.8 Å². The van der Waals surface area contributed by atoms with E-state index in [-0.39, 0.29) is 47.4 Å². The van der Waals surface area contributed by atoms with Crippen molar-refractivity contribution < 1.29 is 19.4 Å². The summed E-state index contributed by atoms with van der Waals surface area (Å²) in [5, 5.41) is 10.3. The van der Waals surface area contributed by atoms with Crippen LogP contribution in [0.5, 0.6) is 0 Å². The average molecular weight is 264 g/mol. The largest absolute Gasteiger partial charge is 0.461 e. The molecule has 0 aromatic rings. The fourth-order valence-electron chi connectivity index (χ4n) is 4.14. The van der Waals surface area contributed by atoms with E-state index in [0.29, 0.717) is 12.8 Å². The van der Waals surface area contributed by atoms with Crippen LogP contribution in [0.4, 0.5) is 0 Å². The van der Waals surface area contributed by atoms with Gasteiger partial charge in [0, 0.05) is 24.2 Å². The van der Waals surface area contributed by atoms with Gasteiger partial charge >= 0.3 is 5.97 Å². The molecular weight excluding hydrogens is 244 g/mol. The first-order valence-corrected chi connectivity index (χ1v) is 7.01. The van der Waals surface area contributed by atoms with Crippen LogP contribution in [0.15, 0.2) is 12.2 Å². The van der Waals surface area contributed by atoms with Crippen molar-refractivity contribution in [1.29, 1.82) is 0 Å². The van der Waals surface area contributed by atoms with E-state index in [0.717, 1.165) is 5.57 Å². The van der Waals surface area contributed by atoms with Crippen LogP contribution < -0.4 is 0 Å². The predicted octanol–water partition coefficient (Wildman–Crippen LogP) is 1.33. The van der Waals surface area contributed by atoms with Crippen LogP contribution in [-0.2, 0) is 14.3 Å². The Labute approximate surface area is 112 Å². The standard InChI is InChI=1S/C15H20O4/c1-6-9-4-12(17)8(3)13(9)14-10(5-11(6)16)7(2)15(18)19-14/h7-11,13-14,16H,1,4-5H2,2-3H3/t7-,8+,9-,10-,11+,13-,14-/m0/s1. The predicted molar refractivity (Wildman–Crippen MR) is 68.1 cm³/mol. The number of carbonyl (C=O) groups is 2. The molecule has 2 saturated carbocycles. The van der Waals surface area contributed by atoms with Crippen LogP contribution >= 0.6 is 0 Å². The van der Waals surface area contributed by atoms with Crippen LogP contribution in [0.2, 0.25) is 0 Å². The molecular formula is C15H20O4. The first kappa shape index (κ1) is 12.9. The zero-order chi connectivity index (χ0) is 13.9. The molecule has 3 aliphatic rings. The lowest BCUT2D eigenvalue weighted by atomic mass is 9.78. The molecule has 3 rings (SSSR count). The number of ether oxygens (including phenoxy) is 1. The van der Waals surface area contributed by atoms with Crippen LogP contribution in [0.1, 0.15) is 26.7 Å². The minimum absolute atomic E-state index is 0.00241. The van der Waals surface area contributed by atoms with Gasteiger partial charge in [-0.1, -0.05) is 20.4 Å². The summed E-state index contributed by atoms with van der Waals surface area (Å²) in [6, 6.07) is 0. The van der Waals surface area contributed by atoms with E-state index in [9.17, 15) is 14.7 Å². The van der Waals surface area contributed by atoms with Crippen molar-refractivity contribution in [3.8, 4) is 0 Å². The van der Waals surface area contributed by atoms with Gasteiger partial charge in [0.1, 0.15) is 11.9 Å². The summed E-state index contributed by atoms with van der Waals surface area (Å²) in [7, 11) is 0. The summed E-state index contributed by atoms with van der Waals surface area (Å²) in [6.07, 6.45) is 0.0849. The summed E-state index contributed by atoms with van der Waals surface area (Å²) >= 11 is 0. The summed E-state index contributed by atoms with van der Waals surface area (Å²) in [6.45, 7) is 7.76. The number of fused-ring (bicyclic) bond motifs is 3. The van der Waals surface area contributed by atoms with Crippen molar-refractivity contribution >= 4 is 11.8 Å². The number of hydrogen-bond donors (Lipinski definition) is 1. The fourth-order valence-corrected chi connectivity index (χ4v) is 4.14. The van der Waals surface area contributed by atoms with Crippen molar-refractivity contribution in [3.63, 3.8) is 0 Å². The Bertz CT molecular complexity index is 455. The van der Waals surface area contributed by atoms with Gasteiger partial charge in [-0.15, -0.1) is 0 Å². The molecule has 0 unspecified atom stereocenters. The lowest BCUT2D eigenvalue weighted by molar-refractivity contribution is -0.146. The topological polar surface area (TPSA) is 63.6 Å². The van der Waals surface area contributed by atoms with Crippen molar-refractivity contribution in [3.05, 3.63) is 12.2 Å². The first-order valence-electron chi connectivity index (χ1n) is 7.01. The SMILES string of the molecule is C=C1[C@H](O)C[C@@H]2[C@H](OC(=O)[C@H]2C)[C@H]2[C@H](C)C(=O)C[C@@H]12. The number of aliphatic hydroxyl groups is 1. The van der Waals surface area contributed by atoms with Gasteiger partial charge < -0.3 is 9.84 Å². The molecule has 0 radical (unpaired) electrons. The third-order valence-corrected chi connectivity index (χ3v) is 5.44. The fraction of sp³-hybridized carbons (Fsp3) is 0.733. The Morgan fingerprint density at radius 2 is 1.95 bits per heavy atom. The highest BCUT2D eigenvalue weighted by Crippen LogP contribution is 2.51. The van der Waals surface area contributed by atoms with Crippen molar-refractivity contribution in [2.75, 3.05) is 0 Å². The summed E-state index contributed by atoms with van der Waals surface area (Å²) < 4.78 is 5.54. The molecule has 3 fully saturated rings. The summed E-state index contributed by atoms with van der Waals surface area (Å²) in [4.78, 5) is 23.8. The van der Waals surface area contributed by atoms with Crippen LogP contribution in [0.25, 0.3) is 0 Å². The van der Waals surface area contributed by atoms with Gasteiger partial charge in [-0.25, -0.2) is 0 Å². The minimum atomic E-state index is -0.627. The second-order valence-corrected chi connectivity index (χ2v) is 6.32. The number of esters is 1. The Morgan fingerprint density at radius 1 is 1.26 bits per heavy atom. The number of ketones is 1. The highest BCUT2D eigenvalue weighted by atomic mass is 16.6. The third-order valence-electron chi connectivity index (χ3n) is 5.44. The second-order valence-electron chi connectivity index (χ2n) is 6.32. The normalized spacial score (nSPS) is 49.6. The van der Waals surface area contributed by atoms with E-state index in [1.165, 1.54) is 0 Å². The molecule has 0 amide bonds. The van der Waals surface area contributed by atoms with E-state index < -0.39 is 6.10 Å². The molecule has 0 aromatic carbocycles. The average Bonchev–Trinajstić information content (AvgIpc) is 2.77. The van der Waals surface area contributed by atoms with Gasteiger partial charge in [-0.05, 0) is 17.9 Å². The molecule has 0 spiro atoms. The van der Waals surface area contributed by atoms with Gasteiger partial charge in [-0.3, -0.25) is 9.59 Å². The van der Waals surface area contributed by atoms with Gasteiger partial charge in [-0.2, -0.15) is 0 Å². The molecule has 0 aromatic heterocycles. The maximum Gasteiger partial charge on any atom is 0.309 e. The minimum Gasteiger partial charge on any atom is -0.461 e. The number of aliphatic hydroxyl groups excluding tert-OH is 1. The van der Waals surface area contributed by atoms with Crippen LogP contribution in [0, 0.1) is 29.6 Å². The van der Waals surface area contributed by atoms with Gasteiger partial charge in [0.25, 0.3) is 0 Å². The van der Waals surface area contributed by atoms with Crippen LogP contribution in [0.3, 0.4) is 0 Å². The number of carbonyl (C=O) groups excluding carboxylic acids is 2. The molecule has 1 aliphatic heterocycles. The lowest BCUT2D eigenvalue weighted by Crippen LogP contribution is -2.32. The molecule has 7 atom stereocenters. The number of rotatable bonds is 0. The highest BCUT2D eigenvalue weighted by molar-refractivity contribution is 5.85. The Hall–Kier alpha value is -1.16.